The molecule has 4 unspecified atom stereocenters. The molecule has 23 heavy (non-hydrogen) atoms. The lowest BCUT2D eigenvalue weighted by atomic mass is 9.87. The van der Waals surface area contributed by atoms with Crippen molar-refractivity contribution in [3.05, 3.63) is 35.9 Å². The Hall–Kier alpha value is -1.59. The van der Waals surface area contributed by atoms with E-state index in [1.165, 1.54) is 12.0 Å². The molecule has 0 saturated carbocycles. The van der Waals surface area contributed by atoms with Gasteiger partial charge in [-0.05, 0) is 12.1 Å². The number of halogens is 1. The summed E-state index contributed by atoms with van der Waals surface area (Å²) >= 11 is 0. The van der Waals surface area contributed by atoms with Crippen molar-refractivity contribution in [1.29, 1.82) is 0 Å². The van der Waals surface area contributed by atoms with Crippen LogP contribution in [0.4, 0.5) is 0 Å². The van der Waals surface area contributed by atoms with Crippen molar-refractivity contribution in [2.75, 3.05) is 14.2 Å². The normalized spacial score (nSPS) is 31.8. The maximum Gasteiger partial charge on any atom is 0.338 e. The van der Waals surface area contributed by atoms with Crippen LogP contribution in [0, 0.1) is 5.92 Å². The number of hydrogen-bond donors (Lipinski definition) is 1. The molecule has 1 aromatic rings. The Morgan fingerprint density at radius 1 is 1.17 bits per heavy atom. The molecule has 0 spiro atoms. The van der Waals surface area contributed by atoms with Gasteiger partial charge < -0.3 is 26.8 Å². The number of hydrogen-bond acceptors (Lipinski definition) is 4. The first kappa shape index (κ1) is 17.8. The minimum Gasteiger partial charge on any atom is -1.00 e. The number of nitrogens with one attached hydrogen (secondary N) is 1. The molecule has 0 radical (unpaired) electrons. The van der Waals surface area contributed by atoms with Crippen molar-refractivity contribution in [2.24, 2.45) is 5.92 Å². The highest BCUT2D eigenvalue weighted by atomic mass is 35.5. The Balaban J connectivity index is 0.00000192. The molecular formula is C17H22ClNO4. The van der Waals surface area contributed by atoms with E-state index < -0.39 is 0 Å². The van der Waals surface area contributed by atoms with E-state index >= 15 is 0 Å². The largest absolute Gasteiger partial charge is 1.00 e. The fourth-order valence-electron chi connectivity index (χ4n) is 3.94. The summed E-state index contributed by atoms with van der Waals surface area (Å²) in [5.74, 6) is -0.995. The highest BCUT2D eigenvalue weighted by Crippen LogP contribution is 2.31. The first-order valence-electron chi connectivity index (χ1n) is 7.79. The molecule has 0 amide bonds. The molecule has 126 valence electrons. The summed E-state index contributed by atoms with van der Waals surface area (Å²) in [5.41, 5.74) is 0.518. The van der Waals surface area contributed by atoms with E-state index in [1.807, 2.05) is 6.07 Å². The molecule has 2 saturated heterocycles. The van der Waals surface area contributed by atoms with Gasteiger partial charge in [0.2, 0.25) is 0 Å². The van der Waals surface area contributed by atoms with Gasteiger partial charge in [-0.15, -0.1) is 0 Å². The third-order valence-electron chi connectivity index (χ3n) is 5.15. The van der Waals surface area contributed by atoms with Crippen molar-refractivity contribution in [3.63, 3.8) is 0 Å². The number of ether oxygens (including phenoxy) is 2. The Labute approximate surface area is 142 Å². The zero-order chi connectivity index (χ0) is 15.7. The SMILES string of the molecule is COC(=O)C1C2CCC(C[C@@H]1OC(=O)c1ccccc1)[NH+]2C.[Cl-]. The highest BCUT2D eigenvalue weighted by molar-refractivity contribution is 5.89. The summed E-state index contributed by atoms with van der Waals surface area (Å²) < 4.78 is 10.7. The number of fused-ring (bicyclic) bond motifs is 2. The minimum atomic E-state index is -0.388. The highest BCUT2D eigenvalue weighted by Gasteiger charge is 2.54. The van der Waals surface area contributed by atoms with Gasteiger partial charge in [-0.25, -0.2) is 4.79 Å². The van der Waals surface area contributed by atoms with Gasteiger partial charge in [-0.3, -0.25) is 4.79 Å². The van der Waals surface area contributed by atoms with Gasteiger partial charge in [0.25, 0.3) is 0 Å². The number of benzene rings is 1. The van der Waals surface area contributed by atoms with E-state index in [0.717, 1.165) is 19.3 Å². The number of carbonyl (C=O) groups is 2. The summed E-state index contributed by atoms with van der Waals surface area (Å²) in [6, 6.07) is 9.55. The molecule has 5 nitrogen and oxygen atoms in total. The van der Waals surface area contributed by atoms with Gasteiger partial charge in [0, 0.05) is 19.3 Å². The maximum atomic E-state index is 12.3. The maximum absolute atomic E-state index is 12.3. The summed E-state index contributed by atoms with van der Waals surface area (Å²) in [6.07, 6.45) is 2.39. The molecule has 0 aromatic heterocycles. The minimum absolute atomic E-state index is 0. The van der Waals surface area contributed by atoms with Crippen LogP contribution in [0.2, 0.25) is 0 Å². The third-order valence-corrected chi connectivity index (χ3v) is 5.15. The second kappa shape index (κ2) is 7.32. The zero-order valence-corrected chi connectivity index (χ0v) is 14.1. The van der Waals surface area contributed by atoms with Crippen LogP contribution >= 0.6 is 0 Å². The lowest BCUT2D eigenvalue weighted by molar-refractivity contribution is -0.926. The molecule has 3 rings (SSSR count). The quantitative estimate of drug-likeness (QED) is 0.616. The Morgan fingerprint density at radius 2 is 1.87 bits per heavy atom. The summed E-state index contributed by atoms with van der Waals surface area (Å²) in [5, 5.41) is 0. The molecular weight excluding hydrogens is 318 g/mol. The molecule has 5 atom stereocenters. The zero-order valence-electron chi connectivity index (χ0n) is 13.3. The number of piperidine rings is 1. The molecule has 2 aliphatic rings. The molecule has 6 heteroatoms. The Morgan fingerprint density at radius 3 is 2.52 bits per heavy atom. The van der Waals surface area contributed by atoms with Crippen LogP contribution in [-0.4, -0.2) is 44.3 Å². The lowest BCUT2D eigenvalue weighted by Gasteiger charge is -2.38. The topological polar surface area (TPSA) is 57.0 Å². The fraction of sp³-hybridized carbons (Fsp3) is 0.529. The van der Waals surface area contributed by atoms with Crippen LogP contribution in [0.15, 0.2) is 30.3 Å². The molecule has 1 N–H and O–H groups in total. The van der Waals surface area contributed by atoms with Crippen LogP contribution in [0.25, 0.3) is 0 Å². The van der Waals surface area contributed by atoms with Gasteiger partial charge in [0.1, 0.15) is 18.1 Å². The van der Waals surface area contributed by atoms with Crippen LogP contribution in [0.5, 0.6) is 0 Å². The molecule has 2 bridgehead atoms. The third kappa shape index (κ3) is 3.35. The molecule has 2 heterocycles. The van der Waals surface area contributed by atoms with Crippen molar-refractivity contribution in [3.8, 4) is 0 Å². The van der Waals surface area contributed by atoms with E-state index in [9.17, 15) is 9.59 Å². The van der Waals surface area contributed by atoms with Crippen LogP contribution in [-0.2, 0) is 14.3 Å². The summed E-state index contributed by atoms with van der Waals surface area (Å²) in [4.78, 5) is 25.9. The van der Waals surface area contributed by atoms with Crippen LogP contribution in [0.1, 0.15) is 29.6 Å². The van der Waals surface area contributed by atoms with Crippen molar-refractivity contribution < 1.29 is 36.4 Å². The molecule has 0 aliphatic carbocycles. The summed E-state index contributed by atoms with van der Waals surface area (Å²) in [7, 11) is 3.52. The fourth-order valence-corrected chi connectivity index (χ4v) is 3.94. The number of carbonyl (C=O) groups excluding carboxylic acids is 2. The Bertz CT molecular complexity index is 565. The van der Waals surface area contributed by atoms with E-state index in [2.05, 4.69) is 7.05 Å². The van der Waals surface area contributed by atoms with Gasteiger partial charge in [-0.2, -0.15) is 0 Å². The first-order valence-corrected chi connectivity index (χ1v) is 7.79. The Kier molecular flexibility index (Phi) is 5.65. The van der Waals surface area contributed by atoms with E-state index in [4.69, 9.17) is 9.47 Å². The van der Waals surface area contributed by atoms with Crippen molar-refractivity contribution in [1.82, 2.24) is 0 Å². The van der Waals surface area contributed by atoms with E-state index in [-0.39, 0.29) is 42.4 Å². The summed E-state index contributed by atoms with van der Waals surface area (Å²) in [6.45, 7) is 0. The number of methoxy groups -OCH3 is 1. The number of rotatable bonds is 3. The lowest BCUT2D eigenvalue weighted by Crippen LogP contribution is -3.16. The standard InChI is InChI=1S/C17H21NO4.ClH/c1-18-12-8-9-13(18)15(17(20)21-2)14(10-12)22-16(19)11-6-4-3-5-7-11;/h3-7,12-15H,8-10H2,1-2H3;1H/t12?,13?,14-,15?;/m0./s1. The molecule has 1 aromatic carbocycles. The second-order valence-corrected chi connectivity index (χ2v) is 6.22. The molecule has 2 aliphatic heterocycles. The van der Waals surface area contributed by atoms with Crippen LogP contribution < -0.4 is 17.3 Å². The van der Waals surface area contributed by atoms with Crippen molar-refractivity contribution in [2.45, 2.75) is 37.5 Å². The van der Waals surface area contributed by atoms with Crippen LogP contribution in [0.3, 0.4) is 0 Å². The smallest absolute Gasteiger partial charge is 0.338 e. The first-order chi connectivity index (χ1) is 10.6. The van der Waals surface area contributed by atoms with Gasteiger partial charge in [-0.1, -0.05) is 18.2 Å². The predicted molar refractivity (Wildman–Crippen MR) is 79.5 cm³/mol. The van der Waals surface area contributed by atoms with Gasteiger partial charge in [0.05, 0.1) is 25.8 Å². The predicted octanol–water partition coefficient (Wildman–Crippen LogP) is -2.55. The molecule has 2 fully saturated rings. The van der Waals surface area contributed by atoms with Gasteiger partial charge >= 0.3 is 11.9 Å². The average Bonchev–Trinajstić information content (AvgIpc) is 2.78. The monoisotopic (exact) mass is 339 g/mol. The van der Waals surface area contributed by atoms with Crippen molar-refractivity contribution >= 4 is 11.9 Å². The van der Waals surface area contributed by atoms with Gasteiger partial charge in [0.15, 0.2) is 0 Å². The number of quaternary nitrogens is 1. The second-order valence-electron chi connectivity index (χ2n) is 6.22. The van der Waals surface area contributed by atoms with E-state index in [1.54, 1.807) is 24.3 Å². The average molecular weight is 340 g/mol. The number of esters is 2. The van der Waals surface area contributed by atoms with E-state index in [0.29, 0.717) is 11.6 Å².